The van der Waals surface area contributed by atoms with Crippen molar-refractivity contribution in [1.29, 1.82) is 0 Å². The minimum Gasteiger partial charge on any atom is -0.768 e. The maximum atomic E-state index is 12.2. The van der Waals surface area contributed by atoms with Crippen molar-refractivity contribution in [3.05, 3.63) is 29.3 Å². The summed E-state index contributed by atoms with van der Waals surface area (Å²) in [6.45, 7) is -0.859. The first-order chi connectivity index (χ1) is 6.19. The molecular weight excluding hydrogens is 195 g/mol. The molecule has 1 aromatic rings. The Bertz CT molecular complexity index is 351. The number of carbonyl (C=O) groups is 1. The van der Waals surface area contributed by atoms with Gasteiger partial charge in [0, 0.05) is 10.5 Å². The van der Waals surface area contributed by atoms with Crippen LogP contribution in [0.15, 0.2) is 23.1 Å². The lowest BCUT2D eigenvalue weighted by Crippen LogP contribution is -1.96. The summed E-state index contributed by atoms with van der Waals surface area (Å²) in [4.78, 5) is 10.1. The fraction of sp³-hybridized carbons (Fsp3) is 0.125. The summed E-state index contributed by atoms with van der Waals surface area (Å²) in [5.41, 5.74) is 0.287. The number of carbonyl (C=O) groups excluding carboxylic acids is 1. The fourth-order valence-corrected chi connectivity index (χ4v) is 1.48. The fourth-order valence-electron chi connectivity index (χ4n) is 0.910. The van der Waals surface area contributed by atoms with Gasteiger partial charge >= 0.3 is 0 Å². The zero-order valence-electron chi connectivity index (χ0n) is 6.53. The van der Waals surface area contributed by atoms with Crippen molar-refractivity contribution in [2.24, 2.45) is 0 Å². The molecule has 0 saturated carbocycles. The number of halogens is 1. The monoisotopic (exact) mass is 201 g/mol. The third-order valence-electron chi connectivity index (χ3n) is 1.55. The average molecular weight is 201 g/mol. The van der Waals surface area contributed by atoms with E-state index in [4.69, 9.17) is 0 Å². The van der Waals surface area contributed by atoms with E-state index in [-0.39, 0.29) is 16.0 Å². The second kappa shape index (κ2) is 4.25. The highest BCUT2D eigenvalue weighted by Gasteiger charge is 2.03. The van der Waals surface area contributed by atoms with Crippen LogP contribution in [-0.2, 0) is 17.8 Å². The van der Waals surface area contributed by atoms with Gasteiger partial charge in [0.05, 0.1) is 0 Å². The summed E-state index contributed by atoms with van der Waals surface area (Å²) in [5.74, 6) is 0. The van der Waals surface area contributed by atoms with Crippen molar-refractivity contribution in [2.45, 2.75) is 11.6 Å². The Hall–Kier alpha value is -1.07. The lowest BCUT2D eigenvalue weighted by atomic mass is 10.2. The second-order valence-electron chi connectivity index (χ2n) is 2.35. The number of benzene rings is 1. The van der Waals surface area contributed by atoms with E-state index in [2.05, 4.69) is 0 Å². The van der Waals surface area contributed by atoms with Gasteiger partial charge in [-0.15, -0.1) is 0 Å². The summed E-state index contributed by atoms with van der Waals surface area (Å²) in [6, 6.07) is 3.80. The molecule has 0 amide bonds. The summed E-state index contributed by atoms with van der Waals surface area (Å²) in [6.07, 6.45) is 0.512. The first-order valence-electron chi connectivity index (χ1n) is 3.42. The molecule has 13 heavy (non-hydrogen) atoms. The van der Waals surface area contributed by atoms with Gasteiger partial charge in [0.25, 0.3) is 0 Å². The maximum Gasteiger partial charge on any atom is 0.150 e. The van der Waals surface area contributed by atoms with Gasteiger partial charge in [-0.1, -0.05) is 12.1 Å². The summed E-state index contributed by atoms with van der Waals surface area (Å²) in [7, 11) is 0. The number of hydrogen-bond donors (Lipinski definition) is 0. The molecule has 1 unspecified atom stereocenters. The molecule has 1 rings (SSSR count). The van der Waals surface area contributed by atoms with Gasteiger partial charge in [0.1, 0.15) is 13.0 Å². The van der Waals surface area contributed by atoms with Crippen molar-refractivity contribution in [1.82, 2.24) is 0 Å². The van der Waals surface area contributed by atoms with Crippen LogP contribution in [0.3, 0.4) is 0 Å². The maximum absolute atomic E-state index is 12.2. The smallest absolute Gasteiger partial charge is 0.150 e. The Labute approximate surface area is 76.9 Å². The van der Waals surface area contributed by atoms with E-state index < -0.39 is 17.8 Å². The van der Waals surface area contributed by atoms with Crippen molar-refractivity contribution in [3.63, 3.8) is 0 Å². The van der Waals surface area contributed by atoms with E-state index in [0.29, 0.717) is 6.29 Å². The SMILES string of the molecule is O=Cc1ccc(CF)c(S(=O)[O-])c1. The minimum absolute atomic E-state index is 0.0685. The minimum atomic E-state index is -2.50. The van der Waals surface area contributed by atoms with E-state index in [1.165, 1.54) is 12.1 Å². The topological polar surface area (TPSA) is 57.2 Å². The molecule has 0 N–H and O–H groups in total. The average Bonchev–Trinajstić information content (AvgIpc) is 2.16. The van der Waals surface area contributed by atoms with Crippen LogP contribution in [0.4, 0.5) is 4.39 Å². The molecule has 70 valence electrons. The van der Waals surface area contributed by atoms with Crippen LogP contribution in [-0.4, -0.2) is 15.0 Å². The van der Waals surface area contributed by atoms with Crippen LogP contribution in [0.5, 0.6) is 0 Å². The molecule has 5 heteroatoms. The van der Waals surface area contributed by atoms with Crippen LogP contribution in [0.25, 0.3) is 0 Å². The molecule has 1 aromatic carbocycles. The Kier molecular flexibility index (Phi) is 3.27. The molecule has 0 aliphatic carbocycles. The number of hydrogen-bond acceptors (Lipinski definition) is 3. The zero-order valence-corrected chi connectivity index (χ0v) is 7.34. The third-order valence-corrected chi connectivity index (χ3v) is 2.29. The zero-order chi connectivity index (χ0) is 9.84. The predicted octanol–water partition coefficient (Wildman–Crippen LogP) is 1.21. The van der Waals surface area contributed by atoms with Gasteiger partial charge < -0.3 is 4.55 Å². The van der Waals surface area contributed by atoms with Gasteiger partial charge in [0.15, 0.2) is 0 Å². The van der Waals surface area contributed by atoms with Crippen LogP contribution in [0.1, 0.15) is 15.9 Å². The van der Waals surface area contributed by atoms with E-state index in [9.17, 15) is 17.9 Å². The van der Waals surface area contributed by atoms with E-state index in [1.807, 2.05) is 0 Å². The molecular formula is C8H6FO3S-. The molecule has 3 nitrogen and oxygen atoms in total. The lowest BCUT2D eigenvalue weighted by molar-refractivity contribution is 0.112. The number of aldehydes is 1. The molecule has 0 fully saturated rings. The number of rotatable bonds is 3. The Morgan fingerprint density at radius 1 is 1.54 bits per heavy atom. The van der Waals surface area contributed by atoms with E-state index in [0.717, 1.165) is 6.07 Å². The molecule has 0 saturated heterocycles. The Balaban J connectivity index is 3.25. The Morgan fingerprint density at radius 2 is 2.23 bits per heavy atom. The predicted molar refractivity (Wildman–Crippen MR) is 43.8 cm³/mol. The first kappa shape index (κ1) is 10.0. The van der Waals surface area contributed by atoms with Crippen LogP contribution < -0.4 is 0 Å². The van der Waals surface area contributed by atoms with Crippen molar-refractivity contribution in [3.8, 4) is 0 Å². The normalized spacial score (nSPS) is 12.5. The lowest BCUT2D eigenvalue weighted by Gasteiger charge is -2.09. The summed E-state index contributed by atoms with van der Waals surface area (Å²) < 4.78 is 33.4. The molecule has 0 aromatic heterocycles. The van der Waals surface area contributed by atoms with E-state index >= 15 is 0 Å². The van der Waals surface area contributed by atoms with Crippen molar-refractivity contribution < 1.29 is 17.9 Å². The highest BCUT2D eigenvalue weighted by atomic mass is 32.2. The summed E-state index contributed by atoms with van der Waals surface area (Å²) in [5, 5.41) is 0. The molecule has 0 radical (unpaired) electrons. The van der Waals surface area contributed by atoms with Gasteiger partial charge in [0.2, 0.25) is 0 Å². The standard InChI is InChI=1S/C8H7FO3S/c9-4-7-2-1-6(5-10)3-8(7)13(11)12/h1-3,5H,4H2,(H,11,12)/p-1. The molecule has 0 spiro atoms. The highest BCUT2D eigenvalue weighted by Crippen LogP contribution is 2.15. The van der Waals surface area contributed by atoms with Crippen LogP contribution in [0, 0.1) is 0 Å². The largest absolute Gasteiger partial charge is 0.768 e. The molecule has 0 heterocycles. The van der Waals surface area contributed by atoms with Crippen molar-refractivity contribution >= 4 is 17.4 Å². The van der Waals surface area contributed by atoms with E-state index in [1.54, 1.807) is 0 Å². The third kappa shape index (κ3) is 2.19. The Morgan fingerprint density at radius 3 is 2.69 bits per heavy atom. The molecule has 0 aliphatic rings. The molecule has 0 bridgehead atoms. The number of alkyl halides is 1. The quantitative estimate of drug-likeness (QED) is 0.545. The van der Waals surface area contributed by atoms with Gasteiger partial charge in [-0.2, -0.15) is 0 Å². The van der Waals surface area contributed by atoms with Gasteiger partial charge in [-0.05, 0) is 22.7 Å². The van der Waals surface area contributed by atoms with Crippen molar-refractivity contribution in [2.75, 3.05) is 0 Å². The first-order valence-corrected chi connectivity index (χ1v) is 4.50. The van der Waals surface area contributed by atoms with Gasteiger partial charge in [-0.3, -0.25) is 9.00 Å². The molecule has 1 atom stereocenters. The molecule has 0 aliphatic heterocycles. The summed E-state index contributed by atoms with van der Waals surface area (Å²) >= 11 is -2.50. The van der Waals surface area contributed by atoms with Gasteiger partial charge in [-0.25, -0.2) is 4.39 Å². The highest BCUT2D eigenvalue weighted by molar-refractivity contribution is 7.79. The van der Waals surface area contributed by atoms with Crippen LogP contribution >= 0.6 is 0 Å². The second-order valence-corrected chi connectivity index (χ2v) is 3.26. The van der Waals surface area contributed by atoms with Crippen LogP contribution in [0.2, 0.25) is 0 Å².